The van der Waals surface area contributed by atoms with Gasteiger partial charge in [-0.1, -0.05) is 31.4 Å². The van der Waals surface area contributed by atoms with E-state index in [1.54, 1.807) is 0 Å². The van der Waals surface area contributed by atoms with Crippen LogP contribution in [0.3, 0.4) is 0 Å². The van der Waals surface area contributed by atoms with Crippen molar-refractivity contribution in [3.8, 4) is 0 Å². The van der Waals surface area contributed by atoms with Crippen LogP contribution in [-0.4, -0.2) is 9.97 Å². The average Bonchev–Trinajstić information content (AvgIpc) is 2.76. The van der Waals surface area contributed by atoms with E-state index in [0.29, 0.717) is 11.6 Å². The number of anilines is 4. The molecule has 1 aromatic heterocycles. The molecule has 0 radical (unpaired) electrons. The molecular formula is C23H22F4N4. The van der Waals surface area contributed by atoms with Crippen LogP contribution in [0.2, 0.25) is 0 Å². The number of halogens is 4. The average molecular weight is 430 g/mol. The van der Waals surface area contributed by atoms with Gasteiger partial charge in [-0.05, 0) is 60.7 Å². The number of nitrogens with zero attached hydrogens (tertiary/aromatic N) is 2. The molecule has 0 unspecified atom stereocenters. The fourth-order valence-corrected chi connectivity index (χ4v) is 3.82. The second-order valence-electron chi connectivity index (χ2n) is 7.67. The second-order valence-corrected chi connectivity index (χ2v) is 7.67. The number of alkyl halides is 3. The molecule has 2 N–H and O–H groups in total. The first kappa shape index (κ1) is 21.1. The molecule has 1 saturated carbocycles. The molecule has 162 valence electrons. The number of aromatic nitrogens is 2. The molecule has 2 aromatic carbocycles. The van der Waals surface area contributed by atoms with Gasteiger partial charge in [0.1, 0.15) is 17.2 Å². The van der Waals surface area contributed by atoms with Crippen molar-refractivity contribution in [3.63, 3.8) is 0 Å². The number of rotatable bonds is 5. The Labute approximate surface area is 177 Å². The van der Waals surface area contributed by atoms with Gasteiger partial charge in [0.05, 0.1) is 0 Å². The Morgan fingerprint density at radius 1 is 0.806 bits per heavy atom. The molecule has 1 heterocycles. The first-order valence-corrected chi connectivity index (χ1v) is 10.2. The smallest absolute Gasteiger partial charge is 0.340 e. The highest BCUT2D eigenvalue weighted by atomic mass is 19.4. The van der Waals surface area contributed by atoms with Crippen LogP contribution in [0.1, 0.15) is 49.1 Å². The van der Waals surface area contributed by atoms with Crippen molar-refractivity contribution in [2.45, 2.75) is 44.2 Å². The molecular weight excluding hydrogens is 408 g/mol. The van der Waals surface area contributed by atoms with Gasteiger partial charge in [-0.25, -0.2) is 9.37 Å². The quantitative estimate of drug-likeness (QED) is 0.421. The van der Waals surface area contributed by atoms with Crippen LogP contribution in [-0.2, 0) is 6.18 Å². The van der Waals surface area contributed by atoms with Gasteiger partial charge in [-0.2, -0.15) is 18.2 Å². The topological polar surface area (TPSA) is 49.8 Å². The third-order valence-electron chi connectivity index (χ3n) is 5.44. The predicted octanol–water partition coefficient (Wildman–Crippen LogP) is 7.17. The molecule has 1 fully saturated rings. The van der Waals surface area contributed by atoms with E-state index in [9.17, 15) is 17.6 Å². The van der Waals surface area contributed by atoms with Gasteiger partial charge < -0.3 is 10.6 Å². The minimum Gasteiger partial charge on any atom is -0.340 e. The second kappa shape index (κ2) is 8.91. The Morgan fingerprint density at radius 3 is 2.06 bits per heavy atom. The number of nitrogens with one attached hydrogen (secondary N) is 2. The summed E-state index contributed by atoms with van der Waals surface area (Å²) in [5.74, 6) is -0.293. The Morgan fingerprint density at radius 2 is 1.42 bits per heavy atom. The fourth-order valence-electron chi connectivity index (χ4n) is 3.82. The van der Waals surface area contributed by atoms with Gasteiger partial charge in [0, 0.05) is 17.6 Å². The summed E-state index contributed by atoms with van der Waals surface area (Å²) in [6.45, 7) is 0. The molecule has 4 nitrogen and oxygen atoms in total. The van der Waals surface area contributed by atoms with Gasteiger partial charge in [-0.3, -0.25) is 0 Å². The number of hydrogen-bond acceptors (Lipinski definition) is 4. The Hall–Kier alpha value is -3.16. The van der Waals surface area contributed by atoms with Crippen LogP contribution in [0, 0.1) is 5.82 Å². The summed E-state index contributed by atoms with van der Waals surface area (Å²) in [4.78, 5) is 7.84. The largest absolute Gasteiger partial charge is 0.421 e. The predicted molar refractivity (Wildman–Crippen MR) is 112 cm³/mol. The van der Waals surface area contributed by atoms with Gasteiger partial charge in [0.15, 0.2) is 0 Å². The zero-order valence-electron chi connectivity index (χ0n) is 16.7. The molecule has 0 spiro atoms. The molecule has 0 saturated heterocycles. The summed E-state index contributed by atoms with van der Waals surface area (Å²) in [5.41, 5.74) is 1.24. The molecule has 4 rings (SSSR count). The van der Waals surface area contributed by atoms with E-state index in [1.165, 1.54) is 49.8 Å². The van der Waals surface area contributed by atoms with E-state index in [-0.39, 0.29) is 11.6 Å². The number of benzene rings is 2. The van der Waals surface area contributed by atoms with Crippen molar-refractivity contribution in [2.24, 2.45) is 0 Å². The summed E-state index contributed by atoms with van der Waals surface area (Å²) in [5, 5.41) is 5.57. The first-order chi connectivity index (χ1) is 14.9. The van der Waals surface area contributed by atoms with E-state index in [0.717, 1.165) is 18.3 Å². The highest BCUT2D eigenvalue weighted by molar-refractivity contribution is 5.63. The fraction of sp³-hybridized carbons (Fsp3) is 0.304. The van der Waals surface area contributed by atoms with Crippen molar-refractivity contribution in [1.29, 1.82) is 0 Å². The standard InChI is InChI=1S/C23H22F4N4/c24-17-8-12-18(13-9-17)29-21-20(23(25,26)27)14-28-22(31-21)30-19-10-6-16(7-11-19)15-4-2-1-3-5-15/h6-15H,1-5H2,(H2,28,29,30,31). The van der Waals surface area contributed by atoms with Gasteiger partial charge in [-0.15, -0.1) is 0 Å². The van der Waals surface area contributed by atoms with Crippen molar-refractivity contribution in [1.82, 2.24) is 9.97 Å². The zero-order chi connectivity index (χ0) is 21.8. The lowest BCUT2D eigenvalue weighted by Gasteiger charge is -2.22. The maximum Gasteiger partial charge on any atom is 0.421 e. The molecule has 0 amide bonds. The maximum absolute atomic E-state index is 13.4. The minimum absolute atomic E-state index is 0.0306. The zero-order valence-corrected chi connectivity index (χ0v) is 16.7. The highest BCUT2D eigenvalue weighted by Gasteiger charge is 2.35. The molecule has 0 bridgehead atoms. The third-order valence-corrected chi connectivity index (χ3v) is 5.44. The Kier molecular flexibility index (Phi) is 6.06. The lowest BCUT2D eigenvalue weighted by Crippen LogP contribution is -2.12. The molecule has 8 heteroatoms. The Bertz CT molecular complexity index is 1010. The summed E-state index contributed by atoms with van der Waals surface area (Å²) in [7, 11) is 0. The summed E-state index contributed by atoms with van der Waals surface area (Å²) >= 11 is 0. The van der Waals surface area contributed by atoms with Crippen LogP contribution in [0.15, 0.2) is 54.7 Å². The lowest BCUT2D eigenvalue weighted by atomic mass is 9.84. The molecule has 0 atom stereocenters. The highest BCUT2D eigenvalue weighted by Crippen LogP contribution is 2.36. The molecule has 31 heavy (non-hydrogen) atoms. The maximum atomic E-state index is 13.4. The van der Waals surface area contributed by atoms with Crippen LogP contribution < -0.4 is 10.6 Å². The number of hydrogen-bond donors (Lipinski definition) is 2. The monoisotopic (exact) mass is 430 g/mol. The van der Waals surface area contributed by atoms with Crippen molar-refractivity contribution in [2.75, 3.05) is 10.6 Å². The van der Waals surface area contributed by atoms with Gasteiger partial charge in [0.25, 0.3) is 0 Å². The van der Waals surface area contributed by atoms with E-state index in [2.05, 4.69) is 20.6 Å². The van der Waals surface area contributed by atoms with E-state index < -0.39 is 23.4 Å². The van der Waals surface area contributed by atoms with E-state index in [1.807, 2.05) is 24.3 Å². The van der Waals surface area contributed by atoms with Gasteiger partial charge >= 0.3 is 6.18 Å². The summed E-state index contributed by atoms with van der Waals surface area (Å²) in [6, 6.07) is 12.9. The molecule has 3 aromatic rings. The molecule has 0 aliphatic heterocycles. The normalized spacial score (nSPS) is 15.0. The lowest BCUT2D eigenvalue weighted by molar-refractivity contribution is -0.137. The summed E-state index contributed by atoms with van der Waals surface area (Å²) < 4.78 is 53.3. The van der Waals surface area contributed by atoms with Crippen LogP contribution in [0.5, 0.6) is 0 Å². The third kappa shape index (κ3) is 5.31. The molecule has 1 aliphatic rings. The van der Waals surface area contributed by atoms with Crippen LogP contribution in [0.25, 0.3) is 0 Å². The first-order valence-electron chi connectivity index (χ1n) is 10.2. The molecule has 1 aliphatic carbocycles. The summed E-state index contributed by atoms with van der Waals surface area (Å²) in [6.07, 6.45) is 2.25. The SMILES string of the molecule is Fc1ccc(Nc2nc(Nc3ccc(C4CCCCC4)cc3)ncc2C(F)(F)F)cc1. The minimum atomic E-state index is -4.64. The Balaban J connectivity index is 1.54. The van der Waals surface area contributed by atoms with Crippen LogP contribution >= 0.6 is 0 Å². The van der Waals surface area contributed by atoms with E-state index in [4.69, 9.17) is 0 Å². The van der Waals surface area contributed by atoms with Crippen LogP contribution in [0.4, 0.5) is 40.7 Å². The van der Waals surface area contributed by atoms with E-state index >= 15 is 0 Å². The van der Waals surface area contributed by atoms with Gasteiger partial charge in [0.2, 0.25) is 5.95 Å². The van der Waals surface area contributed by atoms with Crippen molar-refractivity contribution in [3.05, 3.63) is 71.7 Å². The van der Waals surface area contributed by atoms with Crippen molar-refractivity contribution < 1.29 is 17.6 Å². The van der Waals surface area contributed by atoms with Crippen molar-refractivity contribution >= 4 is 23.1 Å².